The third-order valence-electron chi connectivity index (χ3n) is 1.90. The van der Waals surface area contributed by atoms with Gasteiger partial charge in [0, 0.05) is 17.6 Å². The molecule has 72 valence electrons. The van der Waals surface area contributed by atoms with Gasteiger partial charge in [-0.2, -0.15) is 0 Å². The third kappa shape index (κ3) is 3.28. The summed E-state index contributed by atoms with van der Waals surface area (Å²) in [6.45, 7) is 5.38. The first-order chi connectivity index (χ1) is 6.24. The molecule has 13 heavy (non-hydrogen) atoms. The lowest BCUT2D eigenvalue weighted by molar-refractivity contribution is 0.713. The first-order valence-electron chi connectivity index (χ1n) is 4.47. The quantitative estimate of drug-likeness (QED) is 0.800. The maximum Gasteiger partial charge on any atom is 0.0797 e. The second-order valence-electron chi connectivity index (χ2n) is 3.31. The predicted octanol–water partition coefficient (Wildman–Crippen LogP) is 2.40. The molecule has 1 aromatic heterocycles. The summed E-state index contributed by atoms with van der Waals surface area (Å²) in [5.41, 5.74) is 3.29. The van der Waals surface area contributed by atoms with Crippen LogP contribution >= 0.6 is 11.3 Å². The Morgan fingerprint density at radius 1 is 1.69 bits per heavy atom. The molecule has 3 heteroatoms. The highest BCUT2D eigenvalue weighted by Gasteiger charge is 2.02. The first kappa shape index (κ1) is 10.4. The van der Waals surface area contributed by atoms with Crippen molar-refractivity contribution in [2.24, 2.45) is 5.92 Å². The van der Waals surface area contributed by atoms with Crippen molar-refractivity contribution in [2.45, 2.75) is 13.8 Å². The Bertz CT molecular complexity index is 262. The van der Waals surface area contributed by atoms with Crippen LogP contribution in [0.4, 0.5) is 0 Å². The molecular weight excluding hydrogens is 180 g/mol. The summed E-state index contributed by atoms with van der Waals surface area (Å²) in [6.07, 6.45) is 4.13. The van der Waals surface area contributed by atoms with Gasteiger partial charge in [0.2, 0.25) is 0 Å². The number of rotatable bonds is 4. The van der Waals surface area contributed by atoms with Gasteiger partial charge in [-0.15, -0.1) is 11.3 Å². The van der Waals surface area contributed by atoms with E-state index in [0.29, 0.717) is 5.92 Å². The van der Waals surface area contributed by atoms with Crippen molar-refractivity contribution >= 4 is 17.4 Å². The van der Waals surface area contributed by atoms with Gasteiger partial charge in [0.1, 0.15) is 0 Å². The number of aromatic nitrogens is 1. The van der Waals surface area contributed by atoms with Gasteiger partial charge < -0.3 is 5.32 Å². The van der Waals surface area contributed by atoms with Gasteiger partial charge in [0.25, 0.3) is 0 Å². The van der Waals surface area contributed by atoms with Crippen LogP contribution in [0.2, 0.25) is 0 Å². The molecule has 0 atom stereocenters. The molecule has 1 rings (SSSR count). The Kier molecular flexibility index (Phi) is 4.12. The fraction of sp³-hybridized carbons (Fsp3) is 0.500. The van der Waals surface area contributed by atoms with E-state index in [1.54, 1.807) is 11.3 Å². The van der Waals surface area contributed by atoms with Crippen molar-refractivity contribution in [3.05, 3.63) is 22.2 Å². The summed E-state index contributed by atoms with van der Waals surface area (Å²) < 4.78 is 0. The second-order valence-corrected chi connectivity index (χ2v) is 4.23. The van der Waals surface area contributed by atoms with Gasteiger partial charge in [0.15, 0.2) is 0 Å². The highest BCUT2D eigenvalue weighted by molar-refractivity contribution is 7.10. The predicted molar refractivity (Wildman–Crippen MR) is 58.9 cm³/mol. The molecule has 1 heterocycles. The zero-order chi connectivity index (χ0) is 9.68. The number of nitrogens with zero attached hydrogens (tertiary/aromatic N) is 1. The normalized spacial score (nSPS) is 12.5. The van der Waals surface area contributed by atoms with E-state index in [-0.39, 0.29) is 0 Å². The zero-order valence-electron chi connectivity index (χ0n) is 8.37. The van der Waals surface area contributed by atoms with Gasteiger partial charge in [-0.25, -0.2) is 0 Å². The molecule has 0 saturated carbocycles. The van der Waals surface area contributed by atoms with Crippen LogP contribution in [0.5, 0.6) is 0 Å². The van der Waals surface area contributed by atoms with Crippen molar-refractivity contribution < 1.29 is 0 Å². The van der Waals surface area contributed by atoms with E-state index in [1.807, 2.05) is 18.8 Å². The SMILES string of the molecule is CNCC(=Cc1cncs1)C(C)C. The monoisotopic (exact) mass is 196 g/mol. The maximum absolute atomic E-state index is 4.05. The van der Waals surface area contributed by atoms with Gasteiger partial charge in [-0.05, 0) is 19.0 Å². The average molecular weight is 196 g/mol. The van der Waals surface area contributed by atoms with E-state index in [1.165, 1.54) is 10.5 Å². The molecule has 0 radical (unpaired) electrons. The number of hydrogen-bond acceptors (Lipinski definition) is 3. The number of thiazole rings is 1. The first-order valence-corrected chi connectivity index (χ1v) is 5.35. The summed E-state index contributed by atoms with van der Waals surface area (Å²) in [5.74, 6) is 0.592. The third-order valence-corrected chi connectivity index (χ3v) is 2.62. The Labute approximate surface area is 83.7 Å². The molecule has 0 unspecified atom stereocenters. The Hall–Kier alpha value is -0.670. The van der Waals surface area contributed by atoms with Crippen LogP contribution in [0.25, 0.3) is 6.08 Å². The topological polar surface area (TPSA) is 24.9 Å². The summed E-state index contributed by atoms with van der Waals surface area (Å²) in [5, 5.41) is 3.18. The fourth-order valence-electron chi connectivity index (χ4n) is 1.11. The van der Waals surface area contributed by atoms with E-state index < -0.39 is 0 Å². The molecular formula is C10H16N2S. The van der Waals surface area contributed by atoms with E-state index in [2.05, 4.69) is 30.2 Å². The van der Waals surface area contributed by atoms with E-state index in [0.717, 1.165) is 6.54 Å². The zero-order valence-corrected chi connectivity index (χ0v) is 9.19. The van der Waals surface area contributed by atoms with Crippen LogP contribution in [-0.4, -0.2) is 18.6 Å². The Balaban J connectivity index is 2.74. The average Bonchev–Trinajstić information content (AvgIpc) is 2.56. The van der Waals surface area contributed by atoms with E-state index >= 15 is 0 Å². The second kappa shape index (κ2) is 5.14. The number of hydrogen-bond donors (Lipinski definition) is 1. The van der Waals surface area contributed by atoms with Crippen molar-refractivity contribution in [3.8, 4) is 0 Å². The number of nitrogens with one attached hydrogen (secondary N) is 1. The summed E-state index contributed by atoms with van der Waals surface area (Å²) in [7, 11) is 1.98. The number of likely N-dealkylation sites (N-methyl/N-ethyl adjacent to an activating group) is 1. The van der Waals surface area contributed by atoms with Gasteiger partial charge in [-0.3, -0.25) is 4.98 Å². The van der Waals surface area contributed by atoms with Crippen LogP contribution in [0.15, 0.2) is 17.3 Å². The van der Waals surface area contributed by atoms with Gasteiger partial charge in [0.05, 0.1) is 5.51 Å². The molecule has 0 saturated heterocycles. The van der Waals surface area contributed by atoms with Crippen LogP contribution in [0.3, 0.4) is 0 Å². The van der Waals surface area contributed by atoms with Gasteiger partial charge >= 0.3 is 0 Å². The molecule has 0 aliphatic heterocycles. The molecule has 0 aliphatic rings. The van der Waals surface area contributed by atoms with Crippen LogP contribution in [0.1, 0.15) is 18.7 Å². The molecule has 0 aliphatic carbocycles. The standard InChI is InChI=1S/C10H16N2S/c1-8(2)9(5-11-3)4-10-6-12-7-13-10/h4,6-8,11H,5H2,1-3H3. The highest BCUT2D eigenvalue weighted by atomic mass is 32.1. The molecule has 1 aromatic rings. The molecule has 0 aromatic carbocycles. The van der Waals surface area contributed by atoms with Crippen LogP contribution in [-0.2, 0) is 0 Å². The van der Waals surface area contributed by atoms with E-state index in [9.17, 15) is 0 Å². The lowest BCUT2D eigenvalue weighted by atomic mass is 10.0. The smallest absolute Gasteiger partial charge is 0.0797 e. The molecule has 2 nitrogen and oxygen atoms in total. The summed E-state index contributed by atoms with van der Waals surface area (Å²) >= 11 is 1.68. The van der Waals surface area contributed by atoms with E-state index in [4.69, 9.17) is 0 Å². The Morgan fingerprint density at radius 3 is 2.92 bits per heavy atom. The molecule has 0 spiro atoms. The molecule has 0 bridgehead atoms. The minimum absolute atomic E-state index is 0.592. The highest BCUT2D eigenvalue weighted by Crippen LogP contribution is 2.16. The lowest BCUT2D eigenvalue weighted by Gasteiger charge is -2.09. The van der Waals surface area contributed by atoms with Gasteiger partial charge in [-0.1, -0.05) is 19.4 Å². The largest absolute Gasteiger partial charge is 0.316 e. The van der Waals surface area contributed by atoms with Crippen molar-refractivity contribution in [2.75, 3.05) is 13.6 Å². The lowest BCUT2D eigenvalue weighted by Crippen LogP contribution is -2.13. The molecule has 0 amide bonds. The van der Waals surface area contributed by atoms with Crippen molar-refractivity contribution in [1.82, 2.24) is 10.3 Å². The fourth-order valence-corrected chi connectivity index (χ4v) is 1.69. The van der Waals surface area contributed by atoms with Crippen molar-refractivity contribution in [3.63, 3.8) is 0 Å². The van der Waals surface area contributed by atoms with Crippen LogP contribution in [0, 0.1) is 5.92 Å². The Morgan fingerprint density at radius 2 is 2.46 bits per heavy atom. The maximum atomic E-state index is 4.05. The van der Waals surface area contributed by atoms with Crippen molar-refractivity contribution in [1.29, 1.82) is 0 Å². The summed E-state index contributed by atoms with van der Waals surface area (Å²) in [6, 6.07) is 0. The molecule has 0 fully saturated rings. The minimum Gasteiger partial charge on any atom is -0.316 e. The molecule has 1 N–H and O–H groups in total. The van der Waals surface area contributed by atoms with Crippen LogP contribution < -0.4 is 5.32 Å². The summed E-state index contributed by atoms with van der Waals surface area (Å²) in [4.78, 5) is 5.28. The minimum atomic E-state index is 0.592.